The van der Waals surface area contributed by atoms with E-state index in [1.165, 1.54) is 30.4 Å². The number of carbonyl (C=O) groups excluding carboxylic acids is 2. The second-order valence-electron chi connectivity index (χ2n) is 6.63. The maximum Gasteiger partial charge on any atom is 0.261 e. The number of anilines is 1. The Morgan fingerprint density at radius 3 is 2.55 bits per heavy atom. The summed E-state index contributed by atoms with van der Waals surface area (Å²) in [6, 6.07) is 10.3. The molecule has 0 saturated heterocycles. The van der Waals surface area contributed by atoms with Gasteiger partial charge in [0.1, 0.15) is 6.54 Å². The molecule has 7 nitrogen and oxygen atoms in total. The third-order valence-corrected chi connectivity index (χ3v) is 4.80. The monoisotopic (exact) mass is 432 g/mol. The number of hydrogen-bond donors (Lipinski definition) is 1. The fraction of sp³-hybridized carbons (Fsp3) is 0.200. The van der Waals surface area contributed by atoms with Crippen LogP contribution in [-0.4, -0.2) is 39.9 Å². The second kappa shape index (κ2) is 8.63. The molecule has 0 fully saturated rings. The van der Waals surface area contributed by atoms with Crippen LogP contribution in [0.25, 0.3) is 10.9 Å². The highest BCUT2D eigenvalue weighted by molar-refractivity contribution is 6.38. The molecule has 0 bridgehead atoms. The van der Waals surface area contributed by atoms with Crippen LogP contribution in [0.2, 0.25) is 10.0 Å². The summed E-state index contributed by atoms with van der Waals surface area (Å²) in [6.07, 6.45) is 1.25. The van der Waals surface area contributed by atoms with Crippen LogP contribution < -0.4 is 10.9 Å². The number of nitrogens with one attached hydrogen (secondary N) is 1. The summed E-state index contributed by atoms with van der Waals surface area (Å²) in [5.74, 6) is -0.757. The van der Waals surface area contributed by atoms with Gasteiger partial charge in [0.05, 0.1) is 28.8 Å². The van der Waals surface area contributed by atoms with Gasteiger partial charge in [-0.3, -0.25) is 19.0 Å². The van der Waals surface area contributed by atoms with Gasteiger partial charge in [-0.2, -0.15) is 0 Å². The average Bonchev–Trinajstić information content (AvgIpc) is 2.66. The van der Waals surface area contributed by atoms with Gasteiger partial charge in [0.25, 0.3) is 5.56 Å². The summed E-state index contributed by atoms with van der Waals surface area (Å²) in [7, 11) is 1.49. The number of benzene rings is 2. The zero-order valence-electron chi connectivity index (χ0n) is 15.8. The van der Waals surface area contributed by atoms with Crippen LogP contribution in [0.3, 0.4) is 0 Å². The molecule has 0 atom stereocenters. The van der Waals surface area contributed by atoms with E-state index < -0.39 is 11.5 Å². The van der Waals surface area contributed by atoms with E-state index in [2.05, 4.69) is 10.3 Å². The molecule has 1 N–H and O–H groups in total. The summed E-state index contributed by atoms with van der Waals surface area (Å²) in [4.78, 5) is 42.7. The third-order valence-electron chi connectivity index (χ3n) is 4.29. The van der Waals surface area contributed by atoms with Crippen molar-refractivity contribution in [1.29, 1.82) is 0 Å². The van der Waals surface area contributed by atoms with Crippen molar-refractivity contribution in [1.82, 2.24) is 14.5 Å². The van der Waals surface area contributed by atoms with Gasteiger partial charge in [0.2, 0.25) is 11.8 Å². The largest absolute Gasteiger partial charge is 0.335 e. The van der Waals surface area contributed by atoms with E-state index in [0.29, 0.717) is 16.2 Å². The average molecular weight is 433 g/mol. The number of hydrogen-bond acceptors (Lipinski definition) is 4. The van der Waals surface area contributed by atoms with Crippen LogP contribution in [0.5, 0.6) is 0 Å². The quantitative estimate of drug-likeness (QED) is 0.670. The molecule has 29 heavy (non-hydrogen) atoms. The summed E-state index contributed by atoms with van der Waals surface area (Å²) < 4.78 is 1.16. The Morgan fingerprint density at radius 2 is 1.86 bits per heavy atom. The second-order valence-corrected chi connectivity index (χ2v) is 7.47. The molecule has 9 heteroatoms. The first kappa shape index (κ1) is 20.8. The van der Waals surface area contributed by atoms with Gasteiger partial charge in [-0.15, -0.1) is 0 Å². The lowest BCUT2D eigenvalue weighted by Gasteiger charge is -2.17. The van der Waals surface area contributed by atoms with Crippen molar-refractivity contribution in [2.45, 2.75) is 13.5 Å². The first-order valence-corrected chi connectivity index (χ1v) is 9.45. The fourth-order valence-electron chi connectivity index (χ4n) is 2.71. The number of rotatable bonds is 5. The van der Waals surface area contributed by atoms with Gasteiger partial charge in [-0.25, -0.2) is 4.98 Å². The van der Waals surface area contributed by atoms with Crippen molar-refractivity contribution in [3.63, 3.8) is 0 Å². The molecule has 1 aromatic heterocycles. The predicted octanol–water partition coefficient (Wildman–Crippen LogP) is 3.11. The van der Waals surface area contributed by atoms with Crippen LogP contribution in [0.4, 0.5) is 5.69 Å². The first-order valence-electron chi connectivity index (χ1n) is 8.69. The molecular formula is C20H18Cl2N4O3. The number of fused-ring (bicyclic) bond motifs is 1. The van der Waals surface area contributed by atoms with Crippen molar-refractivity contribution in [2.24, 2.45) is 0 Å². The van der Waals surface area contributed by atoms with Crippen LogP contribution in [0, 0.1) is 6.92 Å². The third kappa shape index (κ3) is 4.93. The van der Waals surface area contributed by atoms with Gasteiger partial charge in [0.15, 0.2) is 0 Å². The molecule has 0 aliphatic rings. The van der Waals surface area contributed by atoms with Crippen LogP contribution in [-0.2, 0) is 16.1 Å². The van der Waals surface area contributed by atoms with Crippen LogP contribution >= 0.6 is 23.2 Å². The molecule has 0 aliphatic heterocycles. The summed E-state index contributed by atoms with van der Waals surface area (Å²) >= 11 is 12.0. The van der Waals surface area contributed by atoms with Crippen LogP contribution in [0.15, 0.2) is 47.5 Å². The minimum Gasteiger partial charge on any atom is -0.335 e. The lowest BCUT2D eigenvalue weighted by molar-refractivity contribution is -0.133. The van der Waals surface area contributed by atoms with Gasteiger partial charge in [-0.1, -0.05) is 40.9 Å². The lowest BCUT2D eigenvalue weighted by Crippen LogP contribution is -2.38. The van der Waals surface area contributed by atoms with Crippen molar-refractivity contribution in [2.75, 3.05) is 18.9 Å². The van der Waals surface area contributed by atoms with E-state index in [1.807, 2.05) is 19.1 Å². The highest BCUT2D eigenvalue weighted by Crippen LogP contribution is 2.23. The molecule has 2 amide bonds. The molecule has 150 valence electrons. The van der Waals surface area contributed by atoms with E-state index in [1.54, 1.807) is 12.1 Å². The summed E-state index contributed by atoms with van der Waals surface area (Å²) in [5, 5.41) is 3.50. The summed E-state index contributed by atoms with van der Waals surface area (Å²) in [6.45, 7) is 1.53. The number of likely N-dealkylation sites (N-methyl/N-ethyl adjacent to an activating group) is 1. The molecule has 0 saturated carbocycles. The van der Waals surface area contributed by atoms with E-state index in [0.717, 1.165) is 10.1 Å². The SMILES string of the molecule is Cc1ccc(NC(=O)CN(C)C(=O)Cn2cnc3c(Cl)cc(Cl)cc3c2=O)cc1. The first-order chi connectivity index (χ1) is 13.7. The number of carbonyl (C=O) groups is 2. The molecule has 1 heterocycles. The number of aryl methyl sites for hydroxylation is 1. The number of halogens is 2. The standard InChI is InChI=1S/C20H18Cl2N4O3/c1-12-3-5-14(6-4-12)24-17(27)9-25(2)18(28)10-26-11-23-19-15(20(26)29)7-13(21)8-16(19)22/h3-8,11H,9-10H2,1-2H3,(H,24,27). The van der Waals surface area contributed by atoms with Crippen molar-refractivity contribution >= 4 is 51.6 Å². The zero-order valence-corrected chi connectivity index (χ0v) is 17.3. The molecule has 0 spiro atoms. The number of amides is 2. The van der Waals surface area contributed by atoms with E-state index >= 15 is 0 Å². The highest BCUT2D eigenvalue weighted by Gasteiger charge is 2.16. The molecule has 0 radical (unpaired) electrons. The predicted molar refractivity (Wildman–Crippen MR) is 113 cm³/mol. The minimum atomic E-state index is -0.440. The van der Waals surface area contributed by atoms with Crippen molar-refractivity contribution < 1.29 is 9.59 Å². The maximum atomic E-state index is 12.6. The normalized spacial score (nSPS) is 10.8. The van der Waals surface area contributed by atoms with Gasteiger partial charge in [0, 0.05) is 17.8 Å². The molecular weight excluding hydrogens is 415 g/mol. The smallest absolute Gasteiger partial charge is 0.261 e. The molecule has 3 aromatic rings. The van der Waals surface area contributed by atoms with E-state index in [9.17, 15) is 14.4 Å². The van der Waals surface area contributed by atoms with Crippen molar-refractivity contribution in [3.8, 4) is 0 Å². The highest BCUT2D eigenvalue weighted by atomic mass is 35.5. The Morgan fingerprint density at radius 1 is 1.17 bits per heavy atom. The molecule has 0 aliphatic carbocycles. The van der Waals surface area contributed by atoms with Gasteiger partial charge < -0.3 is 10.2 Å². The van der Waals surface area contributed by atoms with Crippen LogP contribution in [0.1, 0.15) is 5.56 Å². The Kier molecular flexibility index (Phi) is 6.20. The molecule has 0 unspecified atom stereocenters. The Balaban J connectivity index is 1.69. The van der Waals surface area contributed by atoms with Gasteiger partial charge in [-0.05, 0) is 31.2 Å². The topological polar surface area (TPSA) is 84.3 Å². The Hall–Kier alpha value is -2.90. The Bertz CT molecular complexity index is 1140. The van der Waals surface area contributed by atoms with Crippen molar-refractivity contribution in [3.05, 3.63) is 68.7 Å². The Labute approximate surface area is 176 Å². The molecule has 2 aromatic carbocycles. The van der Waals surface area contributed by atoms with Gasteiger partial charge >= 0.3 is 0 Å². The minimum absolute atomic E-state index is 0.153. The summed E-state index contributed by atoms with van der Waals surface area (Å²) in [5.41, 5.74) is 1.60. The van der Waals surface area contributed by atoms with E-state index in [4.69, 9.17) is 23.2 Å². The fourth-order valence-corrected chi connectivity index (χ4v) is 3.26. The lowest BCUT2D eigenvalue weighted by atomic mass is 10.2. The number of nitrogens with zero attached hydrogens (tertiary/aromatic N) is 3. The zero-order chi connectivity index (χ0) is 21.1. The number of aromatic nitrogens is 2. The maximum absolute atomic E-state index is 12.6. The van der Waals surface area contributed by atoms with E-state index in [-0.39, 0.29) is 29.4 Å². The molecule has 3 rings (SSSR count).